The Morgan fingerprint density at radius 1 is 0.870 bits per heavy atom. The summed E-state index contributed by atoms with van der Waals surface area (Å²) in [7, 11) is 2.12. The summed E-state index contributed by atoms with van der Waals surface area (Å²) >= 11 is 0. The summed E-state index contributed by atoms with van der Waals surface area (Å²) in [6.07, 6.45) is 21.1. The van der Waals surface area contributed by atoms with Crippen LogP contribution in [-0.4, -0.2) is 12.6 Å². The molecule has 0 amide bonds. The number of esters is 1. The standard InChI is InChI=1S/C19H37O3P/c1-2-3-4-5-6-7-8-9-10-11-12-13-14-15-17-21-19(20)16-18-22-23/h15,17H,2-14,16,18,23H2,1H3. The molecule has 0 bridgehead atoms. The Morgan fingerprint density at radius 3 is 1.91 bits per heavy atom. The molecular weight excluding hydrogens is 307 g/mol. The topological polar surface area (TPSA) is 35.5 Å². The Balaban J connectivity index is 3.14. The zero-order chi connectivity index (χ0) is 17.0. The monoisotopic (exact) mass is 344 g/mol. The summed E-state index contributed by atoms with van der Waals surface area (Å²) in [6.45, 7) is 2.65. The van der Waals surface area contributed by atoms with Crippen molar-refractivity contribution in [2.24, 2.45) is 0 Å². The lowest BCUT2D eigenvalue weighted by Crippen LogP contribution is -2.02. The van der Waals surface area contributed by atoms with Gasteiger partial charge < -0.3 is 9.26 Å². The molecule has 0 aromatic rings. The molecule has 0 aliphatic rings. The first kappa shape index (κ1) is 22.6. The van der Waals surface area contributed by atoms with Crippen LogP contribution >= 0.6 is 9.47 Å². The van der Waals surface area contributed by atoms with Crippen molar-refractivity contribution in [3.8, 4) is 0 Å². The van der Waals surface area contributed by atoms with Gasteiger partial charge in [-0.25, -0.2) is 0 Å². The summed E-state index contributed by atoms with van der Waals surface area (Å²) in [5.74, 6) is -0.238. The highest BCUT2D eigenvalue weighted by Gasteiger charge is 1.98. The average molecular weight is 344 g/mol. The predicted molar refractivity (Wildman–Crippen MR) is 101 cm³/mol. The van der Waals surface area contributed by atoms with E-state index in [9.17, 15) is 4.79 Å². The summed E-state index contributed by atoms with van der Waals surface area (Å²) in [5, 5.41) is 0. The highest BCUT2D eigenvalue weighted by Crippen LogP contribution is 2.12. The van der Waals surface area contributed by atoms with Crippen molar-refractivity contribution < 1.29 is 14.1 Å². The molecule has 1 unspecified atom stereocenters. The van der Waals surface area contributed by atoms with Crippen LogP contribution in [0.3, 0.4) is 0 Å². The maximum absolute atomic E-state index is 11.2. The molecule has 0 saturated carbocycles. The van der Waals surface area contributed by atoms with E-state index in [1.54, 1.807) is 0 Å². The van der Waals surface area contributed by atoms with Crippen LogP contribution in [0.4, 0.5) is 0 Å². The number of rotatable bonds is 17. The maximum atomic E-state index is 11.2. The van der Waals surface area contributed by atoms with Gasteiger partial charge in [-0.05, 0) is 18.9 Å². The number of ether oxygens (including phenoxy) is 1. The lowest BCUT2D eigenvalue weighted by atomic mass is 10.0. The van der Waals surface area contributed by atoms with Gasteiger partial charge in [0.2, 0.25) is 0 Å². The van der Waals surface area contributed by atoms with Gasteiger partial charge >= 0.3 is 5.97 Å². The quantitative estimate of drug-likeness (QED) is 0.134. The van der Waals surface area contributed by atoms with Crippen LogP contribution < -0.4 is 0 Å². The molecule has 4 heteroatoms. The first-order valence-corrected chi connectivity index (χ1v) is 9.94. The molecule has 0 radical (unpaired) electrons. The van der Waals surface area contributed by atoms with E-state index in [4.69, 9.17) is 9.26 Å². The van der Waals surface area contributed by atoms with Crippen LogP contribution in [0.2, 0.25) is 0 Å². The van der Waals surface area contributed by atoms with Crippen LogP contribution in [0.5, 0.6) is 0 Å². The van der Waals surface area contributed by atoms with Crippen LogP contribution in [0.25, 0.3) is 0 Å². The normalized spacial score (nSPS) is 11.2. The third kappa shape index (κ3) is 19.6. The maximum Gasteiger partial charge on any atom is 0.312 e. The smallest absolute Gasteiger partial charge is 0.312 e. The molecule has 0 saturated heterocycles. The number of hydrogen-bond acceptors (Lipinski definition) is 3. The summed E-state index contributed by atoms with van der Waals surface area (Å²) in [5.41, 5.74) is 0. The highest BCUT2D eigenvalue weighted by atomic mass is 31.0. The lowest BCUT2D eigenvalue weighted by Gasteiger charge is -2.02. The summed E-state index contributed by atoms with van der Waals surface area (Å²) < 4.78 is 9.68. The van der Waals surface area contributed by atoms with Gasteiger partial charge in [-0.1, -0.05) is 77.6 Å². The number of unbranched alkanes of at least 4 members (excludes halogenated alkanes) is 12. The molecule has 23 heavy (non-hydrogen) atoms. The Kier molecular flexibility index (Phi) is 19.3. The van der Waals surface area contributed by atoms with Crippen LogP contribution in [0.1, 0.15) is 96.8 Å². The highest BCUT2D eigenvalue weighted by molar-refractivity contribution is 7.09. The van der Waals surface area contributed by atoms with E-state index in [2.05, 4.69) is 16.4 Å². The molecule has 1 atom stereocenters. The van der Waals surface area contributed by atoms with Crippen LogP contribution in [0, 0.1) is 0 Å². The van der Waals surface area contributed by atoms with E-state index >= 15 is 0 Å². The zero-order valence-corrected chi connectivity index (χ0v) is 16.2. The summed E-state index contributed by atoms with van der Waals surface area (Å²) in [6, 6.07) is 0. The van der Waals surface area contributed by atoms with Crippen LogP contribution in [-0.2, 0) is 14.1 Å². The van der Waals surface area contributed by atoms with Crippen molar-refractivity contribution >= 4 is 15.4 Å². The Hall–Kier alpha value is -0.400. The van der Waals surface area contributed by atoms with Crippen molar-refractivity contribution in [3.05, 3.63) is 12.3 Å². The molecule has 0 aliphatic carbocycles. The fourth-order valence-electron chi connectivity index (χ4n) is 2.50. The average Bonchev–Trinajstić information content (AvgIpc) is 2.56. The first-order valence-electron chi connectivity index (χ1n) is 9.47. The predicted octanol–water partition coefficient (Wildman–Crippen LogP) is 6.33. The van der Waals surface area contributed by atoms with Crippen molar-refractivity contribution in [3.63, 3.8) is 0 Å². The Bertz CT molecular complexity index is 280. The Labute approximate surface area is 145 Å². The van der Waals surface area contributed by atoms with Crippen molar-refractivity contribution in [1.82, 2.24) is 0 Å². The minimum absolute atomic E-state index is 0.238. The Morgan fingerprint density at radius 2 is 1.39 bits per heavy atom. The van der Waals surface area contributed by atoms with Gasteiger partial charge in [-0.2, -0.15) is 0 Å². The van der Waals surface area contributed by atoms with E-state index in [0.717, 1.165) is 6.42 Å². The molecule has 0 aromatic carbocycles. The van der Waals surface area contributed by atoms with E-state index in [1.807, 2.05) is 6.08 Å². The fourth-order valence-corrected chi connectivity index (χ4v) is 2.61. The van der Waals surface area contributed by atoms with Crippen molar-refractivity contribution in [2.45, 2.75) is 96.8 Å². The SMILES string of the molecule is CCCCCCCCCCCCCCC=COC(=O)CCOP. The molecule has 0 heterocycles. The van der Waals surface area contributed by atoms with E-state index < -0.39 is 0 Å². The van der Waals surface area contributed by atoms with E-state index in [1.165, 1.54) is 83.3 Å². The molecule has 0 spiro atoms. The third-order valence-corrected chi connectivity index (χ3v) is 4.18. The van der Waals surface area contributed by atoms with Gasteiger partial charge in [0.05, 0.1) is 19.3 Å². The molecule has 0 aromatic heterocycles. The van der Waals surface area contributed by atoms with E-state index in [-0.39, 0.29) is 5.97 Å². The number of hydrogen-bond donors (Lipinski definition) is 0. The second kappa shape index (κ2) is 19.6. The van der Waals surface area contributed by atoms with Gasteiger partial charge in [0.1, 0.15) is 0 Å². The van der Waals surface area contributed by atoms with E-state index in [0.29, 0.717) is 13.0 Å². The molecular formula is C19H37O3P. The molecule has 0 N–H and O–H groups in total. The number of carbonyl (C=O) groups excluding carboxylic acids is 1. The molecule has 136 valence electrons. The van der Waals surface area contributed by atoms with Gasteiger partial charge in [0.15, 0.2) is 0 Å². The zero-order valence-electron chi connectivity index (χ0n) is 15.1. The first-order chi connectivity index (χ1) is 11.3. The minimum atomic E-state index is -0.238. The minimum Gasteiger partial charge on any atom is -0.435 e. The number of allylic oxidation sites excluding steroid dienone is 1. The van der Waals surface area contributed by atoms with Crippen LogP contribution in [0.15, 0.2) is 12.3 Å². The molecule has 0 aliphatic heterocycles. The second-order valence-electron chi connectivity index (χ2n) is 6.16. The fraction of sp³-hybridized carbons (Fsp3) is 0.842. The molecule has 0 rings (SSSR count). The van der Waals surface area contributed by atoms with Crippen molar-refractivity contribution in [1.29, 1.82) is 0 Å². The molecule has 0 fully saturated rings. The second-order valence-corrected chi connectivity index (χ2v) is 6.49. The molecule has 3 nitrogen and oxygen atoms in total. The lowest BCUT2D eigenvalue weighted by molar-refractivity contribution is -0.138. The summed E-state index contributed by atoms with van der Waals surface area (Å²) in [4.78, 5) is 11.2. The van der Waals surface area contributed by atoms with Gasteiger partial charge in [-0.3, -0.25) is 4.79 Å². The largest absolute Gasteiger partial charge is 0.435 e. The number of carbonyl (C=O) groups is 1. The van der Waals surface area contributed by atoms with Gasteiger partial charge in [-0.15, -0.1) is 0 Å². The van der Waals surface area contributed by atoms with Gasteiger partial charge in [0.25, 0.3) is 0 Å². The van der Waals surface area contributed by atoms with Crippen molar-refractivity contribution in [2.75, 3.05) is 6.61 Å². The van der Waals surface area contributed by atoms with Gasteiger partial charge in [0, 0.05) is 9.47 Å². The third-order valence-electron chi connectivity index (χ3n) is 3.94.